The summed E-state index contributed by atoms with van der Waals surface area (Å²) < 4.78 is 1.02. The number of aryl methyl sites for hydroxylation is 2. The molecule has 0 spiro atoms. The van der Waals surface area contributed by atoms with Gasteiger partial charge in [0.25, 0.3) is 0 Å². The van der Waals surface area contributed by atoms with Gasteiger partial charge in [-0.15, -0.1) is 0 Å². The fourth-order valence-electron chi connectivity index (χ4n) is 2.07. The van der Waals surface area contributed by atoms with E-state index in [-0.39, 0.29) is 6.42 Å². The summed E-state index contributed by atoms with van der Waals surface area (Å²) in [5.74, 6) is -0.828. The average molecular weight is 334 g/mol. The number of rotatable bonds is 4. The Morgan fingerprint density at radius 1 is 1.15 bits per heavy atom. The van der Waals surface area contributed by atoms with Crippen LogP contribution in [0, 0.1) is 13.8 Å². The molecule has 0 saturated carbocycles. The second-order valence-corrected chi connectivity index (χ2v) is 5.73. The normalized spacial score (nSPS) is 10.3. The number of halogens is 1. The van der Waals surface area contributed by atoms with Crippen molar-refractivity contribution in [1.29, 1.82) is 0 Å². The molecule has 2 aromatic rings. The summed E-state index contributed by atoms with van der Waals surface area (Å²) in [5.41, 5.74) is 4.76. The minimum Gasteiger partial charge on any atom is -0.481 e. The number of anilines is 2. The van der Waals surface area contributed by atoms with Crippen LogP contribution in [0.3, 0.4) is 0 Å². The van der Waals surface area contributed by atoms with Crippen LogP contribution in [0.15, 0.2) is 40.9 Å². The Morgan fingerprint density at radius 3 is 2.50 bits per heavy atom. The maximum atomic E-state index is 11.0. The van der Waals surface area contributed by atoms with Crippen LogP contribution in [0.1, 0.15) is 16.7 Å². The third-order valence-corrected chi connectivity index (χ3v) is 3.55. The zero-order chi connectivity index (χ0) is 14.7. The molecule has 3 nitrogen and oxygen atoms in total. The molecule has 104 valence electrons. The zero-order valence-corrected chi connectivity index (χ0v) is 13.0. The first-order valence-corrected chi connectivity index (χ1v) is 7.09. The van der Waals surface area contributed by atoms with Gasteiger partial charge < -0.3 is 10.4 Å². The molecule has 0 bridgehead atoms. The van der Waals surface area contributed by atoms with Crippen LogP contribution in [0.5, 0.6) is 0 Å². The molecule has 0 amide bonds. The molecule has 0 aliphatic carbocycles. The highest BCUT2D eigenvalue weighted by atomic mass is 79.9. The van der Waals surface area contributed by atoms with E-state index in [9.17, 15) is 4.79 Å². The van der Waals surface area contributed by atoms with Gasteiger partial charge in [-0.05, 0) is 49.2 Å². The Hall–Kier alpha value is -1.81. The molecule has 2 N–H and O–H groups in total. The topological polar surface area (TPSA) is 49.3 Å². The minimum atomic E-state index is -0.828. The number of carboxylic acid groups (broad SMARTS) is 1. The van der Waals surface area contributed by atoms with Gasteiger partial charge in [0, 0.05) is 15.8 Å². The number of benzene rings is 2. The first-order valence-electron chi connectivity index (χ1n) is 6.30. The van der Waals surface area contributed by atoms with Gasteiger partial charge in [0.1, 0.15) is 0 Å². The number of nitrogens with one attached hydrogen (secondary N) is 1. The number of carbonyl (C=O) groups is 1. The van der Waals surface area contributed by atoms with E-state index in [0.29, 0.717) is 0 Å². The maximum Gasteiger partial charge on any atom is 0.307 e. The zero-order valence-electron chi connectivity index (χ0n) is 11.4. The molecule has 0 atom stereocenters. The predicted octanol–water partition coefficient (Wildman–Crippen LogP) is 4.44. The lowest BCUT2D eigenvalue weighted by Crippen LogP contribution is -2.04. The first-order chi connectivity index (χ1) is 9.45. The number of aliphatic carboxylic acids is 1. The van der Waals surface area contributed by atoms with Gasteiger partial charge in [-0.3, -0.25) is 4.79 Å². The molecule has 0 fully saturated rings. The van der Waals surface area contributed by atoms with Crippen LogP contribution in [0.4, 0.5) is 11.4 Å². The molecule has 0 heterocycles. The van der Waals surface area contributed by atoms with Gasteiger partial charge in [-0.25, -0.2) is 0 Å². The smallest absolute Gasteiger partial charge is 0.307 e. The van der Waals surface area contributed by atoms with Crippen molar-refractivity contribution in [3.8, 4) is 0 Å². The molecule has 0 aliphatic rings. The molecular weight excluding hydrogens is 318 g/mol. The highest BCUT2D eigenvalue weighted by Crippen LogP contribution is 2.26. The van der Waals surface area contributed by atoms with Crippen LogP contribution < -0.4 is 5.32 Å². The second-order valence-electron chi connectivity index (χ2n) is 4.82. The van der Waals surface area contributed by atoms with Gasteiger partial charge in [-0.1, -0.05) is 33.6 Å². The van der Waals surface area contributed by atoms with E-state index in [4.69, 9.17) is 5.11 Å². The van der Waals surface area contributed by atoms with E-state index in [2.05, 4.69) is 21.2 Å². The average Bonchev–Trinajstić information content (AvgIpc) is 2.34. The lowest BCUT2D eigenvalue weighted by Gasteiger charge is -2.14. The van der Waals surface area contributed by atoms with E-state index >= 15 is 0 Å². The standard InChI is InChI=1S/C16H16BrNO2/c1-10-3-5-15(12(7-10)9-16(19)20)18-14-6-4-13(17)8-11(14)2/h3-8,18H,9H2,1-2H3,(H,19,20). The number of hydrogen-bond donors (Lipinski definition) is 2. The molecule has 20 heavy (non-hydrogen) atoms. The molecule has 0 aromatic heterocycles. The van der Waals surface area contributed by atoms with Gasteiger partial charge in [0.05, 0.1) is 6.42 Å². The van der Waals surface area contributed by atoms with Crippen LogP contribution in [0.2, 0.25) is 0 Å². The van der Waals surface area contributed by atoms with Crippen LogP contribution in [-0.2, 0) is 11.2 Å². The van der Waals surface area contributed by atoms with Crippen molar-refractivity contribution in [3.05, 3.63) is 57.6 Å². The summed E-state index contributed by atoms with van der Waals surface area (Å²) in [6.07, 6.45) is 0.0135. The Labute approximate surface area is 126 Å². The van der Waals surface area contributed by atoms with Crippen molar-refractivity contribution >= 4 is 33.3 Å². The molecular formula is C16H16BrNO2. The minimum absolute atomic E-state index is 0.0135. The van der Waals surface area contributed by atoms with Gasteiger partial charge in [0.2, 0.25) is 0 Å². The molecule has 0 saturated heterocycles. The highest BCUT2D eigenvalue weighted by molar-refractivity contribution is 9.10. The van der Waals surface area contributed by atoms with Crippen molar-refractivity contribution in [3.63, 3.8) is 0 Å². The summed E-state index contributed by atoms with van der Waals surface area (Å²) >= 11 is 3.43. The van der Waals surface area contributed by atoms with E-state index in [1.165, 1.54) is 0 Å². The maximum absolute atomic E-state index is 11.0. The van der Waals surface area contributed by atoms with Crippen molar-refractivity contribution in [2.75, 3.05) is 5.32 Å². The first kappa shape index (κ1) is 14.6. The lowest BCUT2D eigenvalue weighted by atomic mass is 10.1. The molecule has 0 unspecified atom stereocenters. The largest absolute Gasteiger partial charge is 0.481 e. The Bertz CT molecular complexity index is 653. The lowest BCUT2D eigenvalue weighted by molar-refractivity contribution is -0.136. The third-order valence-electron chi connectivity index (χ3n) is 3.06. The Kier molecular flexibility index (Phi) is 4.45. The third kappa shape index (κ3) is 3.61. The Morgan fingerprint density at radius 2 is 1.85 bits per heavy atom. The number of hydrogen-bond acceptors (Lipinski definition) is 2. The SMILES string of the molecule is Cc1ccc(Nc2ccc(Br)cc2C)c(CC(=O)O)c1. The summed E-state index contributed by atoms with van der Waals surface area (Å²) in [6, 6.07) is 11.8. The molecule has 0 aliphatic heterocycles. The second kappa shape index (κ2) is 6.09. The van der Waals surface area contributed by atoms with Gasteiger partial charge in [-0.2, -0.15) is 0 Å². The highest BCUT2D eigenvalue weighted by Gasteiger charge is 2.08. The predicted molar refractivity (Wildman–Crippen MR) is 84.7 cm³/mol. The van der Waals surface area contributed by atoms with Gasteiger partial charge in [0.15, 0.2) is 0 Å². The van der Waals surface area contributed by atoms with Crippen molar-refractivity contribution < 1.29 is 9.90 Å². The van der Waals surface area contributed by atoms with Crippen molar-refractivity contribution in [2.24, 2.45) is 0 Å². The van der Waals surface area contributed by atoms with E-state index < -0.39 is 5.97 Å². The molecule has 2 aromatic carbocycles. The summed E-state index contributed by atoms with van der Waals surface area (Å²) in [6.45, 7) is 3.97. The number of carboxylic acids is 1. The van der Waals surface area contributed by atoms with Crippen molar-refractivity contribution in [2.45, 2.75) is 20.3 Å². The van der Waals surface area contributed by atoms with E-state index in [0.717, 1.165) is 32.5 Å². The van der Waals surface area contributed by atoms with E-state index in [1.54, 1.807) is 0 Å². The van der Waals surface area contributed by atoms with Crippen LogP contribution in [-0.4, -0.2) is 11.1 Å². The van der Waals surface area contributed by atoms with Crippen molar-refractivity contribution in [1.82, 2.24) is 0 Å². The van der Waals surface area contributed by atoms with Crippen LogP contribution in [0.25, 0.3) is 0 Å². The molecule has 0 radical (unpaired) electrons. The monoisotopic (exact) mass is 333 g/mol. The fourth-order valence-corrected chi connectivity index (χ4v) is 2.54. The van der Waals surface area contributed by atoms with Crippen LogP contribution >= 0.6 is 15.9 Å². The summed E-state index contributed by atoms with van der Waals surface area (Å²) in [5, 5.41) is 12.3. The quantitative estimate of drug-likeness (QED) is 0.869. The molecule has 4 heteroatoms. The summed E-state index contributed by atoms with van der Waals surface area (Å²) in [7, 11) is 0. The summed E-state index contributed by atoms with van der Waals surface area (Å²) in [4.78, 5) is 11.0. The molecule has 2 rings (SSSR count). The fraction of sp³-hybridized carbons (Fsp3) is 0.188. The Balaban J connectivity index is 2.35. The van der Waals surface area contributed by atoms with E-state index in [1.807, 2.05) is 50.2 Å². The van der Waals surface area contributed by atoms with Gasteiger partial charge >= 0.3 is 5.97 Å².